The molecule has 0 spiro atoms. The zero-order valence-electron chi connectivity index (χ0n) is 17.2. The molecule has 0 aliphatic heterocycles. The quantitative estimate of drug-likeness (QED) is 0.418. The van der Waals surface area contributed by atoms with Crippen LogP contribution < -0.4 is 10.1 Å². The Balaban J connectivity index is 1.78. The molecule has 3 aromatic carbocycles. The molecule has 4 rings (SSSR count). The Morgan fingerprint density at radius 1 is 1.00 bits per heavy atom. The van der Waals surface area contributed by atoms with Gasteiger partial charge in [-0.15, -0.1) is 0 Å². The summed E-state index contributed by atoms with van der Waals surface area (Å²) >= 11 is 0. The fourth-order valence-electron chi connectivity index (χ4n) is 3.51. The van der Waals surface area contributed by atoms with Crippen molar-refractivity contribution in [1.29, 1.82) is 0 Å². The Bertz CT molecular complexity index is 1200. The molecule has 0 amide bonds. The molecular weight excluding hydrogens is 393 g/mol. The fourth-order valence-corrected chi connectivity index (χ4v) is 3.51. The Morgan fingerprint density at radius 2 is 1.74 bits per heavy atom. The van der Waals surface area contributed by atoms with Crippen molar-refractivity contribution in [3.8, 4) is 16.9 Å². The average molecular weight is 415 g/mol. The van der Waals surface area contributed by atoms with Crippen molar-refractivity contribution in [1.82, 2.24) is 9.78 Å². The van der Waals surface area contributed by atoms with Crippen LogP contribution in [-0.2, 0) is 7.05 Å². The maximum absolute atomic E-state index is 14.5. The molecule has 1 unspecified atom stereocenters. The van der Waals surface area contributed by atoms with E-state index in [0.29, 0.717) is 16.9 Å². The van der Waals surface area contributed by atoms with Gasteiger partial charge in [0.15, 0.2) is 0 Å². The maximum Gasteiger partial charge on any atom is 0.210 e. The number of halogens is 1. The van der Waals surface area contributed by atoms with Crippen LogP contribution in [0.15, 0.2) is 85.1 Å². The predicted molar refractivity (Wildman–Crippen MR) is 119 cm³/mol. The molecule has 0 bridgehead atoms. The van der Waals surface area contributed by atoms with E-state index in [1.54, 1.807) is 38.6 Å². The topological polar surface area (TPSA) is 56.1 Å². The number of rotatable bonds is 7. The zero-order valence-corrected chi connectivity index (χ0v) is 17.2. The summed E-state index contributed by atoms with van der Waals surface area (Å²) in [6, 6.07) is 22.4. The summed E-state index contributed by atoms with van der Waals surface area (Å²) in [5, 5.41) is 7.68. The van der Waals surface area contributed by atoms with E-state index in [4.69, 9.17) is 4.74 Å². The molecule has 0 saturated carbocycles. The molecule has 0 radical (unpaired) electrons. The summed E-state index contributed by atoms with van der Waals surface area (Å²) in [5.41, 5.74) is 2.51. The van der Waals surface area contributed by atoms with Crippen molar-refractivity contribution in [3.63, 3.8) is 0 Å². The van der Waals surface area contributed by atoms with Crippen LogP contribution in [0.1, 0.15) is 22.1 Å². The first-order chi connectivity index (χ1) is 15.1. The molecule has 31 heavy (non-hydrogen) atoms. The fraction of sp³-hybridized carbons (Fsp3) is 0.120. The number of aromatic nitrogens is 2. The second-order valence-electron chi connectivity index (χ2n) is 7.13. The van der Waals surface area contributed by atoms with Crippen LogP contribution in [0.5, 0.6) is 5.75 Å². The van der Waals surface area contributed by atoms with Gasteiger partial charge in [0, 0.05) is 36.1 Å². The lowest BCUT2D eigenvalue weighted by atomic mass is 9.96. The van der Waals surface area contributed by atoms with E-state index in [2.05, 4.69) is 10.4 Å². The summed E-state index contributed by atoms with van der Waals surface area (Å²) in [6.07, 6.45) is 1.67. The molecule has 6 heteroatoms. The van der Waals surface area contributed by atoms with Crippen molar-refractivity contribution < 1.29 is 13.9 Å². The Labute approximate surface area is 180 Å². The van der Waals surface area contributed by atoms with Crippen LogP contribution >= 0.6 is 0 Å². The number of methoxy groups -OCH3 is 1. The SMILES string of the molecule is COc1cccc(NC(C(=O)c2nn(C)cc2-c2ccccc2F)c2ccccc2)c1. The third kappa shape index (κ3) is 4.33. The minimum absolute atomic E-state index is 0.205. The number of carbonyl (C=O) groups excluding carboxylic acids is 1. The summed E-state index contributed by atoms with van der Waals surface area (Å²) < 4.78 is 21.3. The van der Waals surface area contributed by atoms with Gasteiger partial charge in [0.1, 0.15) is 23.3 Å². The first kappa shape index (κ1) is 20.3. The number of hydrogen-bond acceptors (Lipinski definition) is 4. The van der Waals surface area contributed by atoms with Crippen LogP contribution in [0, 0.1) is 5.82 Å². The largest absolute Gasteiger partial charge is 0.497 e. The first-order valence-electron chi connectivity index (χ1n) is 9.85. The number of nitrogens with zero attached hydrogens (tertiary/aromatic N) is 2. The number of benzene rings is 3. The van der Waals surface area contributed by atoms with Crippen LogP contribution in [0.2, 0.25) is 0 Å². The molecule has 1 atom stereocenters. The van der Waals surface area contributed by atoms with Crippen LogP contribution in [0.25, 0.3) is 11.1 Å². The minimum Gasteiger partial charge on any atom is -0.497 e. The second-order valence-corrected chi connectivity index (χ2v) is 7.13. The Kier molecular flexibility index (Phi) is 5.80. The highest BCUT2D eigenvalue weighted by atomic mass is 19.1. The standard InChI is InChI=1S/C25H22FN3O2/c1-29-16-21(20-13-6-7-14-22(20)26)24(28-29)25(30)23(17-9-4-3-5-10-17)27-18-11-8-12-19(15-18)31-2/h3-16,23,27H,1-2H3. The lowest BCUT2D eigenvalue weighted by molar-refractivity contribution is 0.0964. The molecule has 1 aromatic heterocycles. The number of Topliss-reactive ketones (excluding diaryl/α,β-unsaturated/α-hetero) is 1. The number of anilines is 1. The number of aryl methyl sites for hydroxylation is 1. The van der Waals surface area contributed by atoms with Crippen molar-refractivity contribution in [2.24, 2.45) is 7.05 Å². The van der Waals surface area contributed by atoms with Gasteiger partial charge in [-0.05, 0) is 23.8 Å². The summed E-state index contributed by atoms with van der Waals surface area (Å²) in [7, 11) is 3.31. The second kappa shape index (κ2) is 8.83. The van der Waals surface area contributed by atoms with Gasteiger partial charge in [-0.3, -0.25) is 9.48 Å². The van der Waals surface area contributed by atoms with E-state index in [1.165, 1.54) is 10.7 Å². The normalized spacial score (nSPS) is 11.7. The number of hydrogen-bond donors (Lipinski definition) is 1. The van der Waals surface area contributed by atoms with E-state index in [9.17, 15) is 9.18 Å². The highest BCUT2D eigenvalue weighted by Crippen LogP contribution is 2.31. The van der Waals surface area contributed by atoms with Gasteiger partial charge < -0.3 is 10.1 Å². The van der Waals surface area contributed by atoms with E-state index in [0.717, 1.165) is 11.3 Å². The van der Waals surface area contributed by atoms with Crippen molar-refractivity contribution >= 4 is 11.5 Å². The van der Waals surface area contributed by atoms with Gasteiger partial charge in [0.25, 0.3) is 0 Å². The molecule has 0 saturated heterocycles. The molecule has 5 nitrogen and oxygen atoms in total. The smallest absolute Gasteiger partial charge is 0.210 e. The lowest BCUT2D eigenvalue weighted by Gasteiger charge is -2.19. The molecule has 0 aliphatic rings. The predicted octanol–water partition coefficient (Wildman–Crippen LogP) is 5.27. The molecule has 1 heterocycles. The highest BCUT2D eigenvalue weighted by molar-refractivity contribution is 6.05. The van der Waals surface area contributed by atoms with Gasteiger partial charge in [-0.1, -0.05) is 54.6 Å². The zero-order chi connectivity index (χ0) is 21.8. The van der Waals surface area contributed by atoms with E-state index >= 15 is 0 Å². The van der Waals surface area contributed by atoms with E-state index in [-0.39, 0.29) is 11.5 Å². The Morgan fingerprint density at radius 3 is 2.48 bits per heavy atom. The molecular formula is C25H22FN3O2. The first-order valence-corrected chi connectivity index (χ1v) is 9.85. The Hall–Kier alpha value is -3.93. The summed E-state index contributed by atoms with van der Waals surface area (Å²) in [6.45, 7) is 0. The molecule has 0 fully saturated rings. The monoisotopic (exact) mass is 415 g/mol. The van der Waals surface area contributed by atoms with E-state index < -0.39 is 11.9 Å². The van der Waals surface area contributed by atoms with Gasteiger partial charge in [-0.25, -0.2) is 4.39 Å². The van der Waals surface area contributed by atoms with E-state index in [1.807, 2.05) is 54.6 Å². The van der Waals surface area contributed by atoms with Crippen molar-refractivity contribution in [2.75, 3.05) is 12.4 Å². The number of carbonyl (C=O) groups is 1. The maximum atomic E-state index is 14.5. The average Bonchev–Trinajstić information content (AvgIpc) is 3.19. The highest BCUT2D eigenvalue weighted by Gasteiger charge is 2.28. The number of ether oxygens (including phenoxy) is 1. The minimum atomic E-state index is -0.714. The number of nitrogens with one attached hydrogen (secondary N) is 1. The van der Waals surface area contributed by atoms with Gasteiger partial charge in [-0.2, -0.15) is 5.10 Å². The van der Waals surface area contributed by atoms with Gasteiger partial charge in [0.2, 0.25) is 5.78 Å². The van der Waals surface area contributed by atoms with Crippen molar-refractivity contribution in [2.45, 2.75) is 6.04 Å². The van der Waals surface area contributed by atoms with Crippen LogP contribution in [-0.4, -0.2) is 22.7 Å². The van der Waals surface area contributed by atoms with Gasteiger partial charge in [0.05, 0.1) is 7.11 Å². The third-order valence-corrected chi connectivity index (χ3v) is 5.00. The lowest BCUT2D eigenvalue weighted by Crippen LogP contribution is -2.22. The summed E-state index contributed by atoms with van der Waals surface area (Å²) in [5.74, 6) is 0.0172. The van der Waals surface area contributed by atoms with Crippen LogP contribution in [0.3, 0.4) is 0 Å². The molecule has 1 N–H and O–H groups in total. The van der Waals surface area contributed by atoms with Crippen LogP contribution in [0.4, 0.5) is 10.1 Å². The molecule has 4 aromatic rings. The molecule has 156 valence electrons. The summed E-state index contributed by atoms with van der Waals surface area (Å²) in [4.78, 5) is 13.7. The van der Waals surface area contributed by atoms with Crippen molar-refractivity contribution in [3.05, 3.63) is 102 Å². The number of ketones is 1. The van der Waals surface area contributed by atoms with Gasteiger partial charge >= 0.3 is 0 Å². The third-order valence-electron chi connectivity index (χ3n) is 5.00. The molecule has 0 aliphatic carbocycles.